The van der Waals surface area contributed by atoms with E-state index in [4.69, 9.17) is 0 Å². The molecule has 3 atom stereocenters. The molecule has 2 aliphatic heterocycles. The van der Waals surface area contributed by atoms with Crippen LogP contribution in [0.2, 0.25) is 0 Å². The first-order valence-electron chi connectivity index (χ1n) is 8.37. The Kier molecular flexibility index (Phi) is 3.15. The standard InChI is InChI=1S/C18H21F3N2O/c1-15(13-5-3-2-4-6-13)7-8-23(12-15)14(24)16-9-17(16,11-22-10-16)18(19,20)21/h2-6,22H,7-12H2,1H3/t15?,16-,17-/m1/s1. The fraction of sp³-hybridized carbons (Fsp3) is 0.611. The summed E-state index contributed by atoms with van der Waals surface area (Å²) >= 11 is 0. The van der Waals surface area contributed by atoms with Crippen molar-refractivity contribution in [2.24, 2.45) is 10.8 Å². The van der Waals surface area contributed by atoms with Gasteiger partial charge in [0.25, 0.3) is 0 Å². The Bertz CT molecular complexity index is 677. The van der Waals surface area contributed by atoms with Crippen molar-refractivity contribution >= 4 is 5.91 Å². The van der Waals surface area contributed by atoms with Crippen LogP contribution in [0.1, 0.15) is 25.3 Å². The second kappa shape index (κ2) is 4.75. The summed E-state index contributed by atoms with van der Waals surface area (Å²) in [6, 6.07) is 9.91. The van der Waals surface area contributed by atoms with E-state index in [9.17, 15) is 18.0 Å². The van der Waals surface area contributed by atoms with E-state index in [0.29, 0.717) is 13.1 Å². The lowest BCUT2D eigenvalue weighted by Gasteiger charge is -2.28. The highest BCUT2D eigenvalue weighted by atomic mass is 19.4. The third-order valence-electron chi connectivity index (χ3n) is 6.43. The van der Waals surface area contributed by atoms with Gasteiger partial charge in [-0.1, -0.05) is 37.3 Å². The van der Waals surface area contributed by atoms with Gasteiger partial charge in [-0.2, -0.15) is 13.2 Å². The molecule has 0 radical (unpaired) electrons. The summed E-state index contributed by atoms with van der Waals surface area (Å²) in [5.74, 6) is -0.315. The molecule has 4 rings (SSSR count). The van der Waals surface area contributed by atoms with Gasteiger partial charge in [-0.15, -0.1) is 0 Å². The number of hydrogen-bond acceptors (Lipinski definition) is 2. The molecule has 1 aliphatic carbocycles. The molecule has 2 heterocycles. The molecular formula is C18H21F3N2O. The first-order valence-corrected chi connectivity index (χ1v) is 8.37. The fourth-order valence-electron chi connectivity index (χ4n) is 4.76. The van der Waals surface area contributed by atoms with E-state index in [2.05, 4.69) is 12.2 Å². The molecule has 1 unspecified atom stereocenters. The van der Waals surface area contributed by atoms with Gasteiger partial charge in [0.2, 0.25) is 5.91 Å². The zero-order chi connectivity index (χ0) is 17.2. The molecule has 3 fully saturated rings. The lowest BCUT2D eigenvalue weighted by molar-refractivity contribution is -0.193. The molecule has 24 heavy (non-hydrogen) atoms. The van der Waals surface area contributed by atoms with Crippen molar-refractivity contribution in [3.63, 3.8) is 0 Å². The van der Waals surface area contributed by atoms with Gasteiger partial charge < -0.3 is 10.2 Å². The largest absolute Gasteiger partial charge is 0.396 e. The van der Waals surface area contributed by atoms with Crippen LogP contribution in [-0.4, -0.2) is 43.2 Å². The number of halogens is 3. The molecule has 0 spiro atoms. The highest BCUT2D eigenvalue weighted by Crippen LogP contribution is 2.73. The van der Waals surface area contributed by atoms with Crippen molar-refractivity contribution < 1.29 is 18.0 Å². The molecule has 1 N–H and O–H groups in total. The minimum atomic E-state index is -4.32. The van der Waals surface area contributed by atoms with Gasteiger partial charge in [0, 0.05) is 31.6 Å². The number of fused-ring (bicyclic) bond motifs is 1. The number of nitrogens with one attached hydrogen (secondary N) is 1. The molecule has 3 aliphatic rings. The van der Waals surface area contributed by atoms with Crippen LogP contribution in [0.25, 0.3) is 0 Å². The SMILES string of the molecule is CC1(c2ccccc2)CCN(C(=O)[C@@]23CNC[C@]2(C(F)(F)F)C3)C1. The van der Waals surface area contributed by atoms with Crippen LogP contribution in [0.3, 0.4) is 0 Å². The predicted octanol–water partition coefficient (Wildman–Crippen LogP) is 2.72. The van der Waals surface area contributed by atoms with Crippen molar-refractivity contribution in [3.8, 4) is 0 Å². The number of alkyl halides is 3. The Morgan fingerprint density at radius 1 is 1.21 bits per heavy atom. The highest BCUT2D eigenvalue weighted by molar-refractivity contribution is 5.89. The van der Waals surface area contributed by atoms with E-state index in [1.165, 1.54) is 0 Å². The zero-order valence-electron chi connectivity index (χ0n) is 13.6. The molecule has 0 bridgehead atoms. The Hall–Kier alpha value is -1.56. The van der Waals surface area contributed by atoms with Crippen molar-refractivity contribution in [1.29, 1.82) is 0 Å². The minimum Gasteiger partial charge on any atom is -0.341 e. The number of amides is 1. The van der Waals surface area contributed by atoms with Gasteiger partial charge in [0.15, 0.2) is 0 Å². The fourth-order valence-corrected chi connectivity index (χ4v) is 4.76. The maximum Gasteiger partial charge on any atom is 0.396 e. The average Bonchev–Trinajstić information content (AvgIpc) is 2.88. The first kappa shape index (κ1) is 15.9. The third kappa shape index (κ3) is 1.92. The van der Waals surface area contributed by atoms with Crippen LogP contribution < -0.4 is 5.32 Å². The van der Waals surface area contributed by atoms with Crippen LogP contribution in [0.5, 0.6) is 0 Å². The number of likely N-dealkylation sites (tertiary alicyclic amines) is 1. The quantitative estimate of drug-likeness (QED) is 0.899. The van der Waals surface area contributed by atoms with Crippen LogP contribution in [0.4, 0.5) is 13.2 Å². The van der Waals surface area contributed by atoms with E-state index in [-0.39, 0.29) is 30.8 Å². The monoisotopic (exact) mass is 338 g/mol. The first-order chi connectivity index (χ1) is 11.2. The Morgan fingerprint density at radius 2 is 1.92 bits per heavy atom. The predicted molar refractivity (Wildman–Crippen MR) is 83.4 cm³/mol. The summed E-state index contributed by atoms with van der Waals surface area (Å²) in [6.45, 7) is 3.12. The highest BCUT2D eigenvalue weighted by Gasteiger charge is 2.85. The molecule has 6 heteroatoms. The summed E-state index contributed by atoms with van der Waals surface area (Å²) in [5.41, 5.74) is -2.16. The number of carbonyl (C=O) groups is 1. The number of nitrogens with zero attached hydrogens (tertiary/aromatic N) is 1. The molecular weight excluding hydrogens is 317 g/mol. The van der Waals surface area contributed by atoms with Gasteiger partial charge in [-0.3, -0.25) is 4.79 Å². The third-order valence-corrected chi connectivity index (χ3v) is 6.43. The van der Waals surface area contributed by atoms with Gasteiger partial charge in [-0.25, -0.2) is 0 Å². The van der Waals surface area contributed by atoms with E-state index in [1.54, 1.807) is 4.90 Å². The van der Waals surface area contributed by atoms with Crippen LogP contribution in [0.15, 0.2) is 30.3 Å². The number of piperidine rings is 1. The molecule has 1 saturated carbocycles. The maximum absolute atomic E-state index is 13.5. The van der Waals surface area contributed by atoms with E-state index >= 15 is 0 Å². The van der Waals surface area contributed by atoms with Crippen molar-refractivity contribution in [3.05, 3.63) is 35.9 Å². The number of benzene rings is 1. The second-order valence-corrected chi connectivity index (χ2v) is 7.85. The molecule has 2 saturated heterocycles. The van der Waals surface area contributed by atoms with Crippen molar-refractivity contribution in [2.45, 2.75) is 31.4 Å². The van der Waals surface area contributed by atoms with Gasteiger partial charge in [-0.05, 0) is 18.4 Å². The topological polar surface area (TPSA) is 32.3 Å². The summed E-state index contributed by atoms with van der Waals surface area (Å²) in [7, 11) is 0. The smallest absolute Gasteiger partial charge is 0.341 e. The van der Waals surface area contributed by atoms with E-state index < -0.39 is 17.0 Å². The lowest BCUT2D eigenvalue weighted by Crippen LogP contribution is -2.43. The van der Waals surface area contributed by atoms with Crippen LogP contribution in [0, 0.1) is 10.8 Å². The number of hydrogen-bond donors (Lipinski definition) is 1. The second-order valence-electron chi connectivity index (χ2n) is 7.85. The zero-order valence-corrected chi connectivity index (χ0v) is 13.6. The molecule has 130 valence electrons. The van der Waals surface area contributed by atoms with Gasteiger partial charge >= 0.3 is 6.18 Å². The Morgan fingerprint density at radius 3 is 2.54 bits per heavy atom. The van der Waals surface area contributed by atoms with Crippen molar-refractivity contribution in [1.82, 2.24) is 10.2 Å². The van der Waals surface area contributed by atoms with E-state index in [1.807, 2.05) is 30.3 Å². The Balaban J connectivity index is 1.56. The van der Waals surface area contributed by atoms with Gasteiger partial charge in [0.05, 0.1) is 10.8 Å². The van der Waals surface area contributed by atoms with Crippen LogP contribution in [-0.2, 0) is 10.2 Å². The normalized spacial score (nSPS) is 38.2. The Labute approximate surface area is 139 Å². The van der Waals surface area contributed by atoms with Crippen LogP contribution >= 0.6 is 0 Å². The summed E-state index contributed by atoms with van der Waals surface area (Å²) in [5, 5.41) is 2.80. The number of rotatable bonds is 2. The summed E-state index contributed by atoms with van der Waals surface area (Å²) in [6.07, 6.45) is -3.60. The average molecular weight is 338 g/mol. The molecule has 1 amide bonds. The molecule has 3 nitrogen and oxygen atoms in total. The molecule has 1 aromatic rings. The van der Waals surface area contributed by atoms with Crippen molar-refractivity contribution in [2.75, 3.05) is 26.2 Å². The minimum absolute atomic E-state index is 0.0616. The van der Waals surface area contributed by atoms with E-state index in [0.717, 1.165) is 12.0 Å². The summed E-state index contributed by atoms with van der Waals surface area (Å²) in [4.78, 5) is 14.6. The van der Waals surface area contributed by atoms with Gasteiger partial charge in [0.1, 0.15) is 0 Å². The lowest BCUT2D eigenvalue weighted by atomic mass is 9.82. The number of carbonyl (C=O) groups excluding carboxylic acids is 1. The maximum atomic E-state index is 13.5. The molecule has 0 aromatic heterocycles. The summed E-state index contributed by atoms with van der Waals surface area (Å²) < 4.78 is 40.5. The molecule has 1 aromatic carbocycles.